The van der Waals surface area contributed by atoms with Crippen LogP contribution in [0, 0.1) is 0 Å². The molecule has 0 saturated heterocycles. The van der Waals surface area contributed by atoms with Gasteiger partial charge in [-0.05, 0) is 13.8 Å². The molecule has 0 aromatic rings. The molecule has 0 aromatic heterocycles. The molecule has 1 unspecified atom stereocenters. The van der Waals surface area contributed by atoms with E-state index in [0.29, 0.717) is 0 Å². The SMILES string of the molecule is CC(C)OS(C)=O. The van der Waals surface area contributed by atoms with Crippen molar-refractivity contribution in [2.24, 2.45) is 0 Å². The molecule has 0 aromatic carbocycles. The minimum Gasteiger partial charge on any atom is -0.288 e. The van der Waals surface area contributed by atoms with Crippen LogP contribution in [0.4, 0.5) is 0 Å². The van der Waals surface area contributed by atoms with Gasteiger partial charge in [0.15, 0.2) is 11.1 Å². The molecule has 0 rings (SSSR count). The van der Waals surface area contributed by atoms with E-state index in [-0.39, 0.29) is 6.10 Å². The predicted octanol–water partition coefficient (Wildman–Crippen LogP) is 0.705. The lowest BCUT2D eigenvalue weighted by atomic mass is 10.5. The van der Waals surface area contributed by atoms with Crippen molar-refractivity contribution in [3.63, 3.8) is 0 Å². The van der Waals surface area contributed by atoms with Gasteiger partial charge >= 0.3 is 0 Å². The monoisotopic (exact) mass is 122 g/mol. The molecule has 0 radical (unpaired) electrons. The van der Waals surface area contributed by atoms with Crippen molar-refractivity contribution < 1.29 is 8.39 Å². The van der Waals surface area contributed by atoms with Gasteiger partial charge in [-0.2, -0.15) is 0 Å². The Kier molecular flexibility index (Phi) is 3.21. The summed E-state index contributed by atoms with van der Waals surface area (Å²) >= 11 is -1.10. The van der Waals surface area contributed by atoms with Crippen molar-refractivity contribution in [2.45, 2.75) is 20.0 Å². The van der Waals surface area contributed by atoms with E-state index in [9.17, 15) is 4.21 Å². The van der Waals surface area contributed by atoms with Gasteiger partial charge in [0.25, 0.3) is 0 Å². The van der Waals surface area contributed by atoms with Crippen LogP contribution in [0.3, 0.4) is 0 Å². The van der Waals surface area contributed by atoms with Gasteiger partial charge in [0, 0.05) is 6.26 Å². The maximum absolute atomic E-state index is 10.1. The molecule has 0 aliphatic carbocycles. The summed E-state index contributed by atoms with van der Waals surface area (Å²) in [4.78, 5) is 0. The molecular weight excluding hydrogens is 112 g/mol. The molecule has 1 atom stereocenters. The predicted molar refractivity (Wildman–Crippen MR) is 30.3 cm³/mol. The molecule has 0 N–H and O–H groups in total. The third-order valence-electron chi connectivity index (χ3n) is 0.328. The second-order valence-corrected chi connectivity index (χ2v) is 2.54. The van der Waals surface area contributed by atoms with Crippen LogP contribution in [0.5, 0.6) is 0 Å². The lowest BCUT2D eigenvalue weighted by Crippen LogP contribution is -2.03. The Morgan fingerprint density at radius 3 is 2.00 bits per heavy atom. The zero-order valence-corrected chi connectivity index (χ0v) is 5.62. The largest absolute Gasteiger partial charge is 0.288 e. The Hall–Kier alpha value is 0.110. The molecule has 0 heterocycles. The summed E-state index contributed by atoms with van der Waals surface area (Å²) in [6.07, 6.45) is 1.59. The summed E-state index contributed by atoms with van der Waals surface area (Å²) in [6.45, 7) is 3.70. The first-order valence-corrected chi connectivity index (χ1v) is 3.62. The van der Waals surface area contributed by atoms with Gasteiger partial charge in [0.1, 0.15) is 0 Å². The molecule has 2 nitrogen and oxygen atoms in total. The molecule has 0 spiro atoms. The second kappa shape index (κ2) is 3.16. The van der Waals surface area contributed by atoms with Crippen LogP contribution < -0.4 is 0 Å². The van der Waals surface area contributed by atoms with E-state index < -0.39 is 11.1 Å². The Bertz CT molecular complexity index is 70.1. The number of hydrogen-bond donors (Lipinski definition) is 0. The van der Waals surface area contributed by atoms with Crippen molar-refractivity contribution in [1.29, 1.82) is 0 Å². The van der Waals surface area contributed by atoms with Crippen LogP contribution in [0.1, 0.15) is 13.8 Å². The van der Waals surface area contributed by atoms with Gasteiger partial charge < -0.3 is 0 Å². The molecule has 7 heavy (non-hydrogen) atoms. The van der Waals surface area contributed by atoms with Crippen molar-refractivity contribution in [1.82, 2.24) is 0 Å². The third-order valence-corrected chi connectivity index (χ3v) is 0.984. The summed E-state index contributed by atoms with van der Waals surface area (Å²) in [7, 11) is 0. The first-order chi connectivity index (χ1) is 3.13. The minimum atomic E-state index is -1.10. The first-order valence-electron chi connectivity index (χ1n) is 2.13. The fourth-order valence-corrected chi connectivity index (χ4v) is 0.813. The Balaban J connectivity index is 3.13. The van der Waals surface area contributed by atoms with E-state index in [1.807, 2.05) is 13.8 Å². The van der Waals surface area contributed by atoms with Gasteiger partial charge in [-0.1, -0.05) is 0 Å². The van der Waals surface area contributed by atoms with Gasteiger partial charge in [0.05, 0.1) is 6.10 Å². The lowest BCUT2D eigenvalue weighted by Gasteiger charge is -1.99. The second-order valence-electron chi connectivity index (χ2n) is 1.55. The molecule has 0 amide bonds. The molecule has 0 aliphatic rings. The molecule has 0 bridgehead atoms. The molecule has 3 heteroatoms. The summed E-state index contributed by atoms with van der Waals surface area (Å²) < 4.78 is 14.9. The van der Waals surface area contributed by atoms with Gasteiger partial charge in [-0.25, -0.2) is 4.21 Å². The van der Waals surface area contributed by atoms with E-state index in [4.69, 9.17) is 4.18 Å². The normalized spacial score (nSPS) is 14.9. The highest BCUT2D eigenvalue weighted by Crippen LogP contribution is 1.88. The van der Waals surface area contributed by atoms with Gasteiger partial charge in [0.2, 0.25) is 0 Å². The summed E-state index contributed by atoms with van der Waals surface area (Å²) in [5, 5.41) is 0. The van der Waals surface area contributed by atoms with Crippen LogP contribution in [0.2, 0.25) is 0 Å². The highest BCUT2D eigenvalue weighted by molar-refractivity contribution is 7.79. The molecule has 44 valence electrons. The highest BCUT2D eigenvalue weighted by atomic mass is 32.2. The van der Waals surface area contributed by atoms with E-state index in [2.05, 4.69) is 0 Å². The van der Waals surface area contributed by atoms with E-state index in [1.165, 1.54) is 6.26 Å². The van der Waals surface area contributed by atoms with Crippen LogP contribution in [-0.2, 0) is 15.3 Å². The van der Waals surface area contributed by atoms with Gasteiger partial charge in [-0.15, -0.1) is 0 Å². The number of hydrogen-bond acceptors (Lipinski definition) is 2. The number of rotatable bonds is 2. The lowest BCUT2D eigenvalue weighted by molar-refractivity contribution is 0.272. The Labute approximate surface area is 46.5 Å². The third kappa shape index (κ3) is 6.11. The first kappa shape index (κ1) is 7.11. The minimum absolute atomic E-state index is 0.0748. The molecule has 0 saturated carbocycles. The quantitative estimate of drug-likeness (QED) is 0.539. The van der Waals surface area contributed by atoms with Crippen LogP contribution in [-0.4, -0.2) is 16.6 Å². The van der Waals surface area contributed by atoms with E-state index in [1.54, 1.807) is 0 Å². The smallest absolute Gasteiger partial charge is 0.152 e. The average Bonchev–Trinajstić information content (AvgIpc) is 1.27. The zero-order chi connectivity index (χ0) is 5.86. The van der Waals surface area contributed by atoms with Crippen molar-refractivity contribution in [3.8, 4) is 0 Å². The fourth-order valence-electron chi connectivity index (χ4n) is 0.271. The highest BCUT2D eigenvalue weighted by Gasteiger charge is 1.92. The van der Waals surface area contributed by atoms with Gasteiger partial charge in [-0.3, -0.25) is 4.18 Å². The summed E-state index contributed by atoms with van der Waals surface area (Å²) in [5.41, 5.74) is 0. The van der Waals surface area contributed by atoms with E-state index >= 15 is 0 Å². The topological polar surface area (TPSA) is 26.3 Å². The van der Waals surface area contributed by atoms with Crippen molar-refractivity contribution in [3.05, 3.63) is 0 Å². The summed E-state index contributed by atoms with van der Waals surface area (Å²) in [5.74, 6) is 0. The van der Waals surface area contributed by atoms with Crippen LogP contribution >= 0.6 is 0 Å². The summed E-state index contributed by atoms with van der Waals surface area (Å²) in [6, 6.07) is 0. The molecule has 0 fully saturated rings. The van der Waals surface area contributed by atoms with Crippen LogP contribution in [0.15, 0.2) is 0 Å². The zero-order valence-electron chi connectivity index (χ0n) is 4.80. The average molecular weight is 122 g/mol. The maximum atomic E-state index is 10.1. The van der Waals surface area contributed by atoms with Crippen LogP contribution in [0.25, 0.3) is 0 Å². The van der Waals surface area contributed by atoms with Crippen molar-refractivity contribution in [2.75, 3.05) is 6.26 Å². The van der Waals surface area contributed by atoms with E-state index in [0.717, 1.165) is 0 Å². The standard InChI is InChI=1S/C4H10O2S/c1-4(2)6-7(3)5/h4H,1-3H3. The maximum Gasteiger partial charge on any atom is 0.152 e. The Morgan fingerprint density at radius 1 is 1.57 bits per heavy atom. The fraction of sp³-hybridized carbons (Fsp3) is 1.00. The van der Waals surface area contributed by atoms with Crippen molar-refractivity contribution >= 4 is 11.1 Å². The molecule has 0 aliphatic heterocycles. The molecular formula is C4H10O2S. The Morgan fingerprint density at radius 2 is 2.00 bits per heavy atom.